The fourth-order valence-corrected chi connectivity index (χ4v) is 2.59. The van der Waals surface area contributed by atoms with Crippen molar-refractivity contribution in [1.82, 2.24) is 15.2 Å². The number of nitrogens with one attached hydrogen (secondary N) is 1. The third kappa shape index (κ3) is 2.88. The van der Waals surface area contributed by atoms with Gasteiger partial charge in [0.15, 0.2) is 0 Å². The molecule has 0 bridgehead atoms. The van der Waals surface area contributed by atoms with Gasteiger partial charge in [0.1, 0.15) is 0 Å². The molecule has 0 radical (unpaired) electrons. The van der Waals surface area contributed by atoms with E-state index in [1.165, 1.54) is 0 Å². The van der Waals surface area contributed by atoms with Crippen LogP contribution in [0, 0.1) is 5.92 Å². The molecule has 1 fully saturated rings. The van der Waals surface area contributed by atoms with E-state index in [2.05, 4.69) is 17.2 Å². The summed E-state index contributed by atoms with van der Waals surface area (Å²) in [6.07, 6.45) is 5.73. The molecular formula is C14H21N3O. The highest BCUT2D eigenvalue weighted by molar-refractivity contribution is 5.82. The molecule has 0 spiro atoms. The summed E-state index contributed by atoms with van der Waals surface area (Å²) in [4.78, 5) is 18.4. The highest BCUT2D eigenvalue weighted by Gasteiger charge is 2.30. The van der Waals surface area contributed by atoms with Crippen molar-refractivity contribution in [2.75, 3.05) is 13.6 Å². The van der Waals surface area contributed by atoms with Crippen molar-refractivity contribution >= 4 is 5.91 Å². The minimum absolute atomic E-state index is 0.0469. The van der Waals surface area contributed by atoms with Gasteiger partial charge in [0, 0.05) is 25.5 Å². The number of nitrogens with zero attached hydrogens (tertiary/aromatic N) is 2. The van der Waals surface area contributed by atoms with Crippen molar-refractivity contribution in [2.45, 2.75) is 32.4 Å². The topological polar surface area (TPSA) is 45.2 Å². The van der Waals surface area contributed by atoms with Crippen LogP contribution in [0.1, 0.15) is 25.3 Å². The Morgan fingerprint density at radius 2 is 2.17 bits per heavy atom. The monoisotopic (exact) mass is 247 g/mol. The number of hydrogen-bond donors (Lipinski definition) is 1. The molecule has 2 heterocycles. The van der Waals surface area contributed by atoms with Crippen LogP contribution in [-0.4, -0.2) is 35.4 Å². The SMILES string of the molecule is CNC1C(=O)N(Cc2ccncc2)CCCC1C. The first kappa shape index (κ1) is 13.0. The average molecular weight is 247 g/mol. The lowest BCUT2D eigenvalue weighted by Gasteiger charge is -2.26. The van der Waals surface area contributed by atoms with Crippen molar-refractivity contribution in [1.29, 1.82) is 0 Å². The van der Waals surface area contributed by atoms with Gasteiger partial charge in [-0.25, -0.2) is 0 Å². The molecular weight excluding hydrogens is 226 g/mol. The van der Waals surface area contributed by atoms with Gasteiger partial charge in [-0.05, 0) is 43.5 Å². The minimum Gasteiger partial charge on any atom is -0.337 e. The molecule has 0 saturated carbocycles. The van der Waals surface area contributed by atoms with Gasteiger partial charge in [0.25, 0.3) is 0 Å². The lowest BCUT2D eigenvalue weighted by atomic mass is 9.98. The molecule has 1 amide bonds. The van der Waals surface area contributed by atoms with Crippen LogP contribution in [-0.2, 0) is 11.3 Å². The normalized spacial score (nSPS) is 25.0. The smallest absolute Gasteiger partial charge is 0.240 e. The Morgan fingerprint density at radius 1 is 1.44 bits per heavy atom. The number of rotatable bonds is 3. The Bertz CT molecular complexity index is 393. The molecule has 2 atom stereocenters. The van der Waals surface area contributed by atoms with Gasteiger partial charge in [-0.15, -0.1) is 0 Å². The summed E-state index contributed by atoms with van der Waals surface area (Å²) in [5.41, 5.74) is 1.14. The standard InChI is InChI=1S/C14H21N3O/c1-11-4-3-9-17(14(18)13(11)15-2)10-12-5-7-16-8-6-12/h5-8,11,13,15H,3-4,9-10H2,1-2H3. The first-order valence-corrected chi connectivity index (χ1v) is 6.57. The highest BCUT2D eigenvalue weighted by Crippen LogP contribution is 2.19. The summed E-state index contributed by atoms with van der Waals surface area (Å²) < 4.78 is 0. The van der Waals surface area contributed by atoms with E-state index in [0.29, 0.717) is 12.5 Å². The molecule has 2 rings (SSSR count). The second kappa shape index (κ2) is 5.96. The van der Waals surface area contributed by atoms with Gasteiger partial charge in [0.2, 0.25) is 5.91 Å². The summed E-state index contributed by atoms with van der Waals surface area (Å²) in [5, 5.41) is 3.16. The van der Waals surface area contributed by atoms with Crippen LogP contribution in [0.15, 0.2) is 24.5 Å². The van der Waals surface area contributed by atoms with Crippen LogP contribution in [0.2, 0.25) is 0 Å². The largest absolute Gasteiger partial charge is 0.337 e. The Hall–Kier alpha value is -1.42. The van der Waals surface area contributed by atoms with Crippen LogP contribution >= 0.6 is 0 Å². The molecule has 4 nitrogen and oxygen atoms in total. The first-order valence-electron chi connectivity index (χ1n) is 6.57. The maximum atomic E-state index is 12.4. The predicted molar refractivity (Wildman–Crippen MR) is 70.9 cm³/mol. The number of likely N-dealkylation sites (tertiary alicyclic amines) is 1. The quantitative estimate of drug-likeness (QED) is 0.879. The molecule has 1 saturated heterocycles. The van der Waals surface area contributed by atoms with Crippen molar-refractivity contribution in [3.05, 3.63) is 30.1 Å². The molecule has 1 aromatic rings. The van der Waals surface area contributed by atoms with Crippen molar-refractivity contribution in [3.63, 3.8) is 0 Å². The summed E-state index contributed by atoms with van der Waals surface area (Å²) in [7, 11) is 1.87. The predicted octanol–water partition coefficient (Wildman–Crippen LogP) is 1.43. The van der Waals surface area contributed by atoms with Gasteiger partial charge in [-0.1, -0.05) is 6.92 Å². The third-order valence-electron chi connectivity index (χ3n) is 3.67. The number of carbonyl (C=O) groups is 1. The van der Waals surface area contributed by atoms with E-state index >= 15 is 0 Å². The second-order valence-corrected chi connectivity index (χ2v) is 5.00. The fourth-order valence-electron chi connectivity index (χ4n) is 2.59. The van der Waals surface area contributed by atoms with Crippen LogP contribution in [0.4, 0.5) is 0 Å². The van der Waals surface area contributed by atoms with Crippen LogP contribution in [0.3, 0.4) is 0 Å². The number of pyridine rings is 1. The van der Waals surface area contributed by atoms with Crippen molar-refractivity contribution in [2.24, 2.45) is 5.92 Å². The van der Waals surface area contributed by atoms with E-state index < -0.39 is 0 Å². The van der Waals surface area contributed by atoms with E-state index in [9.17, 15) is 4.79 Å². The van der Waals surface area contributed by atoms with Crippen LogP contribution in [0.5, 0.6) is 0 Å². The zero-order valence-corrected chi connectivity index (χ0v) is 11.1. The molecule has 1 aromatic heterocycles. The van der Waals surface area contributed by atoms with E-state index in [1.807, 2.05) is 24.1 Å². The van der Waals surface area contributed by atoms with Gasteiger partial charge in [-0.3, -0.25) is 9.78 Å². The van der Waals surface area contributed by atoms with E-state index in [4.69, 9.17) is 0 Å². The number of likely N-dealkylation sites (N-methyl/N-ethyl adjacent to an activating group) is 1. The van der Waals surface area contributed by atoms with E-state index in [-0.39, 0.29) is 11.9 Å². The maximum Gasteiger partial charge on any atom is 0.240 e. The van der Waals surface area contributed by atoms with E-state index in [0.717, 1.165) is 24.9 Å². The molecule has 0 aliphatic carbocycles. The molecule has 98 valence electrons. The lowest BCUT2D eigenvalue weighted by molar-refractivity contribution is -0.134. The second-order valence-electron chi connectivity index (χ2n) is 5.00. The summed E-state index contributed by atoms with van der Waals surface area (Å²) >= 11 is 0. The van der Waals surface area contributed by atoms with Gasteiger partial charge in [0.05, 0.1) is 6.04 Å². The molecule has 2 unspecified atom stereocenters. The summed E-state index contributed by atoms with van der Waals surface area (Å²) in [5.74, 6) is 0.629. The van der Waals surface area contributed by atoms with E-state index in [1.54, 1.807) is 12.4 Å². The summed E-state index contributed by atoms with van der Waals surface area (Å²) in [6.45, 7) is 3.69. The summed E-state index contributed by atoms with van der Waals surface area (Å²) in [6, 6.07) is 3.89. The molecule has 4 heteroatoms. The Labute approximate surface area is 108 Å². The molecule has 1 N–H and O–H groups in total. The number of hydrogen-bond acceptors (Lipinski definition) is 3. The molecule has 1 aliphatic heterocycles. The lowest BCUT2D eigenvalue weighted by Crippen LogP contribution is -2.46. The van der Waals surface area contributed by atoms with Crippen molar-refractivity contribution in [3.8, 4) is 0 Å². The molecule has 18 heavy (non-hydrogen) atoms. The minimum atomic E-state index is -0.0469. The third-order valence-corrected chi connectivity index (χ3v) is 3.67. The van der Waals surface area contributed by atoms with Crippen molar-refractivity contribution < 1.29 is 4.79 Å². The van der Waals surface area contributed by atoms with Gasteiger partial charge >= 0.3 is 0 Å². The van der Waals surface area contributed by atoms with Gasteiger partial charge in [-0.2, -0.15) is 0 Å². The van der Waals surface area contributed by atoms with Crippen LogP contribution in [0.25, 0.3) is 0 Å². The fraction of sp³-hybridized carbons (Fsp3) is 0.571. The first-order chi connectivity index (χ1) is 8.72. The van der Waals surface area contributed by atoms with Gasteiger partial charge < -0.3 is 10.2 Å². The molecule has 0 aromatic carbocycles. The zero-order valence-electron chi connectivity index (χ0n) is 11.1. The molecule has 1 aliphatic rings. The Morgan fingerprint density at radius 3 is 2.83 bits per heavy atom. The number of amides is 1. The average Bonchev–Trinajstić information content (AvgIpc) is 2.51. The highest BCUT2D eigenvalue weighted by atomic mass is 16.2. The maximum absolute atomic E-state index is 12.4. The number of aromatic nitrogens is 1. The number of carbonyl (C=O) groups excluding carboxylic acids is 1. The zero-order chi connectivity index (χ0) is 13.0. The Balaban J connectivity index is 2.10. The van der Waals surface area contributed by atoms with Crippen LogP contribution < -0.4 is 5.32 Å². The Kier molecular flexibility index (Phi) is 4.31.